The van der Waals surface area contributed by atoms with Crippen molar-refractivity contribution in [1.29, 1.82) is 0 Å². The lowest BCUT2D eigenvalue weighted by molar-refractivity contribution is -0.129. The van der Waals surface area contributed by atoms with Crippen LogP contribution in [0.1, 0.15) is 20.3 Å². The van der Waals surface area contributed by atoms with Gasteiger partial charge >= 0.3 is 0 Å². The summed E-state index contributed by atoms with van der Waals surface area (Å²) in [6.45, 7) is 4.94. The highest BCUT2D eigenvalue weighted by Crippen LogP contribution is 2.29. The van der Waals surface area contributed by atoms with E-state index in [9.17, 15) is 13.2 Å². The Kier molecular flexibility index (Phi) is 6.76. The summed E-state index contributed by atoms with van der Waals surface area (Å²) < 4.78 is 31.3. The fourth-order valence-electron chi connectivity index (χ4n) is 4.08. The number of rotatable bonds is 8. The Bertz CT molecular complexity index is 1210. The first-order chi connectivity index (χ1) is 15.4. The Morgan fingerprint density at radius 2 is 1.94 bits per heavy atom. The molecule has 1 aliphatic heterocycles. The number of ether oxygens (including phenoxy) is 1. The number of amides is 1. The topological polar surface area (TPSA) is 81.5 Å². The number of sulfone groups is 1. The predicted molar refractivity (Wildman–Crippen MR) is 127 cm³/mol. The maximum absolute atomic E-state index is 13.0. The van der Waals surface area contributed by atoms with E-state index in [0.717, 1.165) is 27.6 Å². The van der Waals surface area contributed by atoms with Crippen molar-refractivity contribution in [3.05, 3.63) is 48.5 Å². The quantitative estimate of drug-likeness (QED) is 0.466. The summed E-state index contributed by atoms with van der Waals surface area (Å²) in [5, 5.41) is 0.721. The van der Waals surface area contributed by atoms with Crippen LogP contribution in [0.3, 0.4) is 0 Å². The number of imidazole rings is 1. The molecule has 1 unspecified atom stereocenters. The molecule has 0 spiro atoms. The average molecular weight is 474 g/mol. The molecule has 0 radical (unpaired) electrons. The molecule has 9 heteroatoms. The second-order valence-corrected chi connectivity index (χ2v) is 10.8. The van der Waals surface area contributed by atoms with Crippen LogP contribution >= 0.6 is 11.8 Å². The van der Waals surface area contributed by atoms with Crippen molar-refractivity contribution in [1.82, 2.24) is 14.5 Å². The second kappa shape index (κ2) is 9.54. The number of carbonyl (C=O) groups is 1. The van der Waals surface area contributed by atoms with Crippen molar-refractivity contribution < 1.29 is 17.9 Å². The Hall–Kier alpha value is -2.52. The van der Waals surface area contributed by atoms with E-state index in [-0.39, 0.29) is 29.2 Å². The van der Waals surface area contributed by atoms with Crippen molar-refractivity contribution in [2.24, 2.45) is 0 Å². The van der Waals surface area contributed by atoms with Crippen LogP contribution in [0.25, 0.3) is 16.7 Å². The zero-order chi connectivity index (χ0) is 22.7. The molecule has 2 heterocycles. The first-order valence-corrected chi connectivity index (χ1v) is 13.6. The molecule has 0 saturated carbocycles. The van der Waals surface area contributed by atoms with Crippen molar-refractivity contribution in [2.45, 2.75) is 31.5 Å². The van der Waals surface area contributed by atoms with E-state index in [1.807, 2.05) is 66.9 Å². The predicted octanol–water partition coefficient (Wildman–Crippen LogP) is 3.55. The van der Waals surface area contributed by atoms with Crippen LogP contribution in [0, 0.1) is 0 Å². The highest BCUT2D eigenvalue weighted by atomic mass is 32.2. The van der Waals surface area contributed by atoms with Gasteiger partial charge in [0.1, 0.15) is 5.75 Å². The van der Waals surface area contributed by atoms with E-state index in [2.05, 4.69) is 0 Å². The summed E-state index contributed by atoms with van der Waals surface area (Å²) in [5.74, 6) is 1.15. The molecular weight excluding hydrogens is 446 g/mol. The molecule has 1 aliphatic rings. The fraction of sp³-hybridized carbons (Fsp3) is 0.391. The third-order valence-electron chi connectivity index (χ3n) is 5.57. The van der Waals surface area contributed by atoms with Gasteiger partial charge in [0.25, 0.3) is 0 Å². The van der Waals surface area contributed by atoms with Gasteiger partial charge < -0.3 is 9.64 Å². The van der Waals surface area contributed by atoms with Crippen LogP contribution in [0.4, 0.5) is 0 Å². The first kappa shape index (κ1) is 22.7. The maximum atomic E-state index is 13.0. The lowest BCUT2D eigenvalue weighted by atomic mass is 10.2. The summed E-state index contributed by atoms with van der Waals surface area (Å²) in [6.07, 6.45) is 0.511. The standard InChI is InChI=1S/C23H27N3O4S2/c1-3-25(18-13-14-32(28,29)16-18)22(27)15-31-23-24-20-7-5-6-8-21(20)26(23)17-9-11-19(12-10-17)30-4-2/h5-12,18H,3-4,13-16H2,1-2H3. The van der Waals surface area contributed by atoms with Gasteiger partial charge in [-0.3, -0.25) is 9.36 Å². The number of thioether (sulfide) groups is 1. The highest BCUT2D eigenvalue weighted by molar-refractivity contribution is 7.99. The van der Waals surface area contributed by atoms with Crippen LogP contribution in [0.15, 0.2) is 53.7 Å². The molecule has 0 bridgehead atoms. The van der Waals surface area contributed by atoms with E-state index in [4.69, 9.17) is 9.72 Å². The molecule has 1 fully saturated rings. The number of fused-ring (bicyclic) bond motifs is 1. The normalized spacial score (nSPS) is 17.5. The number of hydrogen-bond donors (Lipinski definition) is 0. The van der Waals surface area contributed by atoms with Gasteiger partial charge in [-0.2, -0.15) is 0 Å². The minimum absolute atomic E-state index is 0.0575. The van der Waals surface area contributed by atoms with Gasteiger partial charge in [-0.25, -0.2) is 13.4 Å². The molecule has 2 aromatic carbocycles. The summed E-state index contributed by atoms with van der Waals surface area (Å²) in [7, 11) is -3.05. The van der Waals surface area contributed by atoms with Crippen molar-refractivity contribution in [3.8, 4) is 11.4 Å². The minimum atomic E-state index is -3.05. The lowest BCUT2D eigenvalue weighted by Gasteiger charge is -2.26. The third-order valence-corrected chi connectivity index (χ3v) is 8.24. The molecule has 170 valence electrons. The molecule has 0 N–H and O–H groups in total. The van der Waals surface area contributed by atoms with Crippen molar-refractivity contribution in [3.63, 3.8) is 0 Å². The van der Waals surface area contributed by atoms with Crippen LogP contribution in [-0.2, 0) is 14.6 Å². The van der Waals surface area contributed by atoms with Crippen LogP contribution in [0.5, 0.6) is 5.75 Å². The molecule has 1 amide bonds. The molecular formula is C23H27N3O4S2. The summed E-state index contributed by atoms with van der Waals surface area (Å²) in [4.78, 5) is 19.4. The van der Waals surface area contributed by atoms with E-state index < -0.39 is 9.84 Å². The van der Waals surface area contributed by atoms with Gasteiger partial charge in [-0.1, -0.05) is 23.9 Å². The zero-order valence-electron chi connectivity index (χ0n) is 18.2. The van der Waals surface area contributed by atoms with Crippen LogP contribution < -0.4 is 4.74 Å². The third kappa shape index (κ3) is 4.78. The maximum Gasteiger partial charge on any atom is 0.233 e. The molecule has 4 rings (SSSR count). The monoisotopic (exact) mass is 473 g/mol. The smallest absolute Gasteiger partial charge is 0.233 e. The molecule has 1 aromatic heterocycles. The Balaban J connectivity index is 1.58. The highest BCUT2D eigenvalue weighted by Gasteiger charge is 2.34. The van der Waals surface area contributed by atoms with E-state index in [0.29, 0.717) is 19.6 Å². The van der Waals surface area contributed by atoms with Gasteiger partial charge in [0, 0.05) is 18.3 Å². The summed E-state index contributed by atoms with van der Waals surface area (Å²) in [5.41, 5.74) is 2.75. The number of benzene rings is 2. The molecule has 1 atom stereocenters. The van der Waals surface area contributed by atoms with E-state index in [1.165, 1.54) is 11.8 Å². The largest absolute Gasteiger partial charge is 0.494 e. The average Bonchev–Trinajstić information content (AvgIpc) is 3.33. The van der Waals surface area contributed by atoms with Gasteiger partial charge in [-0.05, 0) is 56.7 Å². The molecule has 7 nitrogen and oxygen atoms in total. The van der Waals surface area contributed by atoms with Crippen LogP contribution in [0.2, 0.25) is 0 Å². The van der Waals surface area contributed by atoms with Gasteiger partial charge in [0.2, 0.25) is 5.91 Å². The molecule has 32 heavy (non-hydrogen) atoms. The Morgan fingerprint density at radius 3 is 2.59 bits per heavy atom. The Labute approximate surface area is 192 Å². The summed E-state index contributed by atoms with van der Waals surface area (Å²) >= 11 is 1.37. The SMILES string of the molecule is CCOc1ccc(-n2c(SCC(=O)N(CC)C3CCS(=O)(=O)C3)nc3ccccc32)cc1. The molecule has 1 saturated heterocycles. The second-order valence-electron chi connectivity index (χ2n) is 7.67. The number of aromatic nitrogens is 2. The number of carbonyl (C=O) groups excluding carboxylic acids is 1. The molecule has 3 aromatic rings. The number of para-hydroxylation sites is 2. The van der Waals surface area contributed by atoms with Crippen molar-refractivity contribution in [2.75, 3.05) is 30.4 Å². The minimum Gasteiger partial charge on any atom is -0.494 e. The summed E-state index contributed by atoms with van der Waals surface area (Å²) in [6, 6.07) is 15.4. The van der Waals surface area contributed by atoms with E-state index in [1.54, 1.807) is 4.90 Å². The van der Waals surface area contributed by atoms with Gasteiger partial charge in [0.05, 0.1) is 34.9 Å². The zero-order valence-corrected chi connectivity index (χ0v) is 19.9. The van der Waals surface area contributed by atoms with E-state index >= 15 is 0 Å². The molecule has 0 aliphatic carbocycles. The number of nitrogens with zero attached hydrogens (tertiary/aromatic N) is 3. The van der Waals surface area contributed by atoms with Crippen molar-refractivity contribution >= 4 is 38.5 Å². The van der Waals surface area contributed by atoms with Gasteiger partial charge in [-0.15, -0.1) is 0 Å². The van der Waals surface area contributed by atoms with Gasteiger partial charge in [0.15, 0.2) is 15.0 Å². The Morgan fingerprint density at radius 1 is 1.19 bits per heavy atom. The lowest BCUT2D eigenvalue weighted by Crippen LogP contribution is -2.42. The van der Waals surface area contributed by atoms with Crippen LogP contribution in [-0.4, -0.2) is 65.2 Å². The number of hydrogen-bond acceptors (Lipinski definition) is 6. The fourth-order valence-corrected chi connectivity index (χ4v) is 6.72. The first-order valence-electron chi connectivity index (χ1n) is 10.7.